The molecule has 0 aromatic carbocycles. The van der Waals surface area contributed by atoms with Gasteiger partial charge in [0.15, 0.2) is 19.7 Å². The van der Waals surface area contributed by atoms with Crippen LogP contribution >= 0.6 is 0 Å². The lowest BCUT2D eigenvalue weighted by Crippen LogP contribution is -2.25. The summed E-state index contributed by atoms with van der Waals surface area (Å²) in [6, 6.07) is 0. The van der Waals surface area contributed by atoms with E-state index in [2.05, 4.69) is 0 Å². The zero-order chi connectivity index (χ0) is 11.8. The molecule has 0 aliphatic carbocycles. The summed E-state index contributed by atoms with van der Waals surface area (Å²) >= 11 is 0. The molecule has 0 saturated heterocycles. The van der Waals surface area contributed by atoms with E-state index in [1.807, 2.05) is 0 Å². The van der Waals surface area contributed by atoms with Crippen molar-refractivity contribution in [2.75, 3.05) is 0 Å². The van der Waals surface area contributed by atoms with E-state index >= 15 is 0 Å². The fourth-order valence-corrected chi connectivity index (χ4v) is 4.88. The molecule has 2 rings (SSSR count). The summed E-state index contributed by atoms with van der Waals surface area (Å²) in [5.74, 6) is 0. The molecule has 86 valence electrons. The van der Waals surface area contributed by atoms with Crippen LogP contribution in [0.1, 0.15) is 6.42 Å². The van der Waals surface area contributed by atoms with Gasteiger partial charge in [-0.05, 0) is 6.42 Å². The molecule has 2 heterocycles. The Balaban J connectivity index is 2.52. The van der Waals surface area contributed by atoms with Crippen molar-refractivity contribution in [1.82, 2.24) is 0 Å². The Bertz CT molecular complexity index is 616. The molecule has 0 aromatic heterocycles. The lowest BCUT2D eigenvalue weighted by molar-refractivity contribution is 0.595. The van der Waals surface area contributed by atoms with E-state index in [-0.39, 0.29) is 4.91 Å². The lowest BCUT2D eigenvalue weighted by Gasteiger charge is -2.18. The van der Waals surface area contributed by atoms with E-state index < -0.39 is 24.9 Å². The van der Waals surface area contributed by atoms with Crippen LogP contribution in [0.5, 0.6) is 0 Å². The minimum atomic E-state index is -3.58. The minimum absolute atomic E-state index is 0.0457. The van der Waals surface area contributed by atoms with E-state index in [1.54, 1.807) is 6.08 Å². The van der Waals surface area contributed by atoms with Crippen molar-refractivity contribution in [1.29, 1.82) is 0 Å². The topological polar surface area (TPSA) is 68.3 Å². The van der Waals surface area contributed by atoms with Gasteiger partial charge in [0.25, 0.3) is 0 Å². The van der Waals surface area contributed by atoms with Gasteiger partial charge < -0.3 is 0 Å². The van der Waals surface area contributed by atoms with E-state index in [1.165, 1.54) is 24.3 Å². The average molecular weight is 258 g/mol. The highest BCUT2D eigenvalue weighted by molar-refractivity contribution is 8.01. The van der Waals surface area contributed by atoms with Crippen molar-refractivity contribution in [3.05, 3.63) is 46.1 Å². The summed E-state index contributed by atoms with van der Waals surface area (Å²) in [5, 5.41) is 1.02. The molecule has 0 fully saturated rings. The van der Waals surface area contributed by atoms with Gasteiger partial charge >= 0.3 is 0 Å². The Morgan fingerprint density at radius 1 is 1.06 bits per heavy atom. The average Bonchev–Trinajstić information content (AvgIpc) is 2.18. The third kappa shape index (κ3) is 1.90. The molecule has 2 aliphatic rings. The van der Waals surface area contributed by atoms with Gasteiger partial charge in [0.1, 0.15) is 5.25 Å². The van der Waals surface area contributed by atoms with Crippen LogP contribution in [0.15, 0.2) is 46.1 Å². The summed E-state index contributed by atoms with van der Waals surface area (Å²) in [4.78, 5) is -0.0457. The van der Waals surface area contributed by atoms with Crippen LogP contribution in [0.4, 0.5) is 0 Å². The number of rotatable bonds is 1. The summed E-state index contributed by atoms with van der Waals surface area (Å²) in [6.45, 7) is 0. The smallest absolute Gasteiger partial charge is 0.197 e. The SMILES string of the molecule is O=S1(=O)C=CCC=C1C1C=CC=CS1(=O)=O. The van der Waals surface area contributed by atoms with Crippen LogP contribution in [0, 0.1) is 0 Å². The Hall–Kier alpha value is -1.14. The van der Waals surface area contributed by atoms with Gasteiger partial charge in [-0.2, -0.15) is 0 Å². The van der Waals surface area contributed by atoms with Crippen LogP contribution in [-0.2, 0) is 19.7 Å². The van der Waals surface area contributed by atoms with Crippen molar-refractivity contribution in [3.63, 3.8) is 0 Å². The summed E-state index contributed by atoms with van der Waals surface area (Å²) in [6.07, 6.45) is 7.70. The van der Waals surface area contributed by atoms with Gasteiger partial charge in [-0.25, -0.2) is 16.8 Å². The predicted octanol–water partition coefficient (Wildman–Crippen LogP) is 1.07. The second kappa shape index (κ2) is 3.71. The molecular formula is C10H10O4S2. The lowest BCUT2D eigenvalue weighted by atomic mass is 10.3. The molecule has 0 spiro atoms. The summed E-state index contributed by atoms with van der Waals surface area (Å²) in [5.41, 5.74) is 0. The van der Waals surface area contributed by atoms with Gasteiger partial charge in [0, 0.05) is 10.8 Å². The molecule has 0 bridgehead atoms. The maximum Gasteiger partial charge on any atom is 0.197 e. The quantitative estimate of drug-likeness (QED) is 0.705. The molecular weight excluding hydrogens is 248 g/mol. The van der Waals surface area contributed by atoms with E-state index in [4.69, 9.17) is 0 Å². The number of allylic oxidation sites excluding steroid dienone is 4. The minimum Gasteiger partial charge on any atom is -0.223 e. The first kappa shape index (κ1) is 11.3. The maximum absolute atomic E-state index is 11.7. The van der Waals surface area contributed by atoms with Gasteiger partial charge in [-0.1, -0.05) is 30.4 Å². The number of hydrogen-bond acceptors (Lipinski definition) is 4. The van der Waals surface area contributed by atoms with E-state index in [9.17, 15) is 16.8 Å². The molecule has 6 heteroatoms. The van der Waals surface area contributed by atoms with E-state index in [0.717, 1.165) is 10.8 Å². The summed E-state index contributed by atoms with van der Waals surface area (Å²) in [7, 11) is -7.12. The first-order chi connectivity index (χ1) is 7.43. The zero-order valence-electron chi connectivity index (χ0n) is 8.28. The highest BCUT2D eigenvalue weighted by Crippen LogP contribution is 2.27. The highest BCUT2D eigenvalue weighted by atomic mass is 32.2. The van der Waals surface area contributed by atoms with Crippen molar-refractivity contribution < 1.29 is 16.8 Å². The molecule has 1 unspecified atom stereocenters. The van der Waals surface area contributed by atoms with Crippen molar-refractivity contribution in [2.45, 2.75) is 11.7 Å². The Kier molecular flexibility index (Phi) is 2.63. The van der Waals surface area contributed by atoms with Gasteiger partial charge in [-0.3, -0.25) is 0 Å². The van der Waals surface area contributed by atoms with Crippen molar-refractivity contribution in [2.24, 2.45) is 0 Å². The fraction of sp³-hybridized carbons (Fsp3) is 0.200. The highest BCUT2D eigenvalue weighted by Gasteiger charge is 2.33. The Morgan fingerprint density at radius 2 is 1.81 bits per heavy atom. The zero-order valence-corrected chi connectivity index (χ0v) is 9.91. The molecule has 0 radical (unpaired) electrons. The van der Waals surface area contributed by atoms with Crippen LogP contribution in [0.2, 0.25) is 0 Å². The largest absolute Gasteiger partial charge is 0.223 e. The number of hydrogen-bond donors (Lipinski definition) is 0. The van der Waals surface area contributed by atoms with Crippen LogP contribution in [-0.4, -0.2) is 22.1 Å². The normalized spacial score (nSPS) is 30.0. The van der Waals surface area contributed by atoms with Crippen LogP contribution in [0.25, 0.3) is 0 Å². The first-order valence-corrected chi connectivity index (χ1v) is 7.79. The van der Waals surface area contributed by atoms with Gasteiger partial charge in [0.2, 0.25) is 0 Å². The molecule has 0 amide bonds. The van der Waals surface area contributed by atoms with E-state index in [0.29, 0.717) is 6.42 Å². The molecule has 1 atom stereocenters. The van der Waals surface area contributed by atoms with Crippen LogP contribution < -0.4 is 0 Å². The Labute approximate surface area is 94.5 Å². The molecule has 0 saturated carbocycles. The van der Waals surface area contributed by atoms with Crippen LogP contribution in [0.3, 0.4) is 0 Å². The second-order valence-electron chi connectivity index (χ2n) is 3.48. The standard InChI is InChI=1S/C10H10O4S2/c11-15(12)7-3-1-5-9(15)10-6-2-4-8-16(10,13)14/h1,3-9H,2H2. The maximum atomic E-state index is 11.7. The number of sulfone groups is 2. The Morgan fingerprint density at radius 3 is 2.44 bits per heavy atom. The van der Waals surface area contributed by atoms with Crippen molar-refractivity contribution >= 4 is 19.7 Å². The summed E-state index contributed by atoms with van der Waals surface area (Å²) < 4.78 is 46.8. The monoisotopic (exact) mass is 258 g/mol. The second-order valence-corrected chi connectivity index (χ2v) is 7.27. The molecule has 16 heavy (non-hydrogen) atoms. The van der Waals surface area contributed by atoms with Gasteiger partial charge in [-0.15, -0.1) is 0 Å². The molecule has 0 N–H and O–H groups in total. The van der Waals surface area contributed by atoms with Gasteiger partial charge in [0.05, 0.1) is 4.91 Å². The molecule has 4 nitrogen and oxygen atoms in total. The third-order valence-electron chi connectivity index (χ3n) is 2.36. The third-order valence-corrected chi connectivity index (χ3v) is 5.79. The first-order valence-electron chi connectivity index (χ1n) is 4.64. The predicted molar refractivity (Wildman–Crippen MR) is 61.7 cm³/mol. The molecule has 2 aliphatic heterocycles. The van der Waals surface area contributed by atoms with Crippen molar-refractivity contribution in [3.8, 4) is 0 Å². The fourth-order valence-electron chi connectivity index (χ4n) is 1.61. The molecule has 0 aromatic rings.